The first-order valence-corrected chi connectivity index (χ1v) is 15.9. The molecule has 0 atom stereocenters. The molecule has 10 aromatic rings. The van der Waals surface area contributed by atoms with Gasteiger partial charge in [0.1, 0.15) is 5.52 Å². The van der Waals surface area contributed by atoms with E-state index in [2.05, 4.69) is 101 Å². The van der Waals surface area contributed by atoms with Crippen LogP contribution in [0.2, 0.25) is 0 Å². The van der Waals surface area contributed by atoms with Crippen LogP contribution in [-0.2, 0) is 0 Å². The molecule has 3 heterocycles. The van der Waals surface area contributed by atoms with Crippen molar-refractivity contribution in [2.75, 3.05) is 0 Å². The molecule has 10 rings (SSSR count). The molecule has 0 unspecified atom stereocenters. The molecule has 222 valence electrons. The number of nitriles is 1. The van der Waals surface area contributed by atoms with Crippen LogP contribution in [0.4, 0.5) is 0 Å². The molecule has 0 saturated carbocycles. The van der Waals surface area contributed by atoms with Crippen molar-refractivity contribution in [1.82, 2.24) is 14.4 Å². The van der Waals surface area contributed by atoms with Crippen molar-refractivity contribution < 1.29 is 4.42 Å². The van der Waals surface area contributed by atoms with Crippen LogP contribution in [0.3, 0.4) is 0 Å². The van der Waals surface area contributed by atoms with Crippen LogP contribution in [0.15, 0.2) is 150 Å². The second-order valence-electron chi connectivity index (χ2n) is 12.1. The van der Waals surface area contributed by atoms with Gasteiger partial charge in [0.05, 0.1) is 22.8 Å². The average Bonchev–Trinajstić information content (AvgIpc) is 3.71. The van der Waals surface area contributed by atoms with Gasteiger partial charge in [-0.2, -0.15) is 10.2 Å². The van der Waals surface area contributed by atoms with Crippen LogP contribution in [-0.4, -0.2) is 14.4 Å². The lowest BCUT2D eigenvalue weighted by atomic mass is 9.85. The van der Waals surface area contributed by atoms with Crippen molar-refractivity contribution in [3.05, 3.63) is 151 Å². The van der Waals surface area contributed by atoms with Crippen molar-refractivity contribution in [2.45, 2.75) is 0 Å². The minimum absolute atomic E-state index is 0.512. The molecular formula is C43H24N4O. The highest BCUT2D eigenvalue weighted by atomic mass is 16.4. The smallest absolute Gasteiger partial charge is 0.309 e. The summed E-state index contributed by atoms with van der Waals surface area (Å²) in [6.07, 6.45) is 0. The molecular weight excluding hydrogens is 589 g/mol. The van der Waals surface area contributed by atoms with E-state index in [1.165, 1.54) is 0 Å². The Hall–Kier alpha value is -6.77. The standard InChI is InChI=1S/C43H24N4O/c44-25-26-21-23-27(24-22-26)37-29-13-4-6-15-31(29)38(32-16-7-5-14-30(32)37)35-19-10-20-36-41(35)48-43-46-40-34-18-9-8-17-33(34)39(45-42(40)47(36)43)28-11-2-1-3-12-28/h1-24H. The summed E-state index contributed by atoms with van der Waals surface area (Å²) in [5, 5.41) is 16.0. The Morgan fingerprint density at radius 3 is 1.79 bits per heavy atom. The fraction of sp³-hybridized carbons (Fsp3) is 0. The summed E-state index contributed by atoms with van der Waals surface area (Å²) in [4.78, 5) is 10.3. The molecule has 0 aliphatic heterocycles. The van der Waals surface area contributed by atoms with Crippen LogP contribution in [0.1, 0.15) is 5.56 Å². The fourth-order valence-electron chi connectivity index (χ4n) is 7.38. The van der Waals surface area contributed by atoms with Gasteiger partial charge in [-0.05, 0) is 50.9 Å². The van der Waals surface area contributed by atoms with Gasteiger partial charge in [0, 0.05) is 27.5 Å². The van der Waals surface area contributed by atoms with E-state index in [-0.39, 0.29) is 0 Å². The van der Waals surface area contributed by atoms with Gasteiger partial charge in [-0.1, -0.05) is 127 Å². The van der Waals surface area contributed by atoms with Crippen LogP contribution < -0.4 is 0 Å². The van der Waals surface area contributed by atoms with Crippen LogP contribution in [0.5, 0.6) is 0 Å². The number of oxazole rings is 1. The molecule has 7 aromatic carbocycles. The topological polar surface area (TPSA) is 67.1 Å². The van der Waals surface area contributed by atoms with E-state index < -0.39 is 0 Å². The Bertz CT molecular complexity index is 2890. The number of pyridine rings is 1. The Balaban J connectivity index is 1.29. The first-order chi connectivity index (χ1) is 23.8. The predicted molar refractivity (Wildman–Crippen MR) is 194 cm³/mol. The van der Waals surface area contributed by atoms with Gasteiger partial charge >= 0.3 is 5.84 Å². The minimum Gasteiger partial charge on any atom is -0.422 e. The zero-order valence-corrected chi connectivity index (χ0v) is 25.6. The molecule has 3 aromatic heterocycles. The van der Waals surface area contributed by atoms with Gasteiger partial charge in [0.25, 0.3) is 0 Å². The third-order valence-corrected chi connectivity index (χ3v) is 9.46. The first-order valence-electron chi connectivity index (χ1n) is 15.9. The minimum atomic E-state index is 0.512. The molecule has 0 saturated heterocycles. The number of hydrogen-bond donors (Lipinski definition) is 0. The molecule has 0 radical (unpaired) electrons. The zero-order valence-electron chi connectivity index (χ0n) is 25.6. The highest BCUT2D eigenvalue weighted by Gasteiger charge is 2.23. The summed E-state index contributed by atoms with van der Waals surface area (Å²) >= 11 is 0. The second-order valence-corrected chi connectivity index (χ2v) is 12.1. The number of hydrogen-bond acceptors (Lipinski definition) is 4. The number of para-hydroxylation sites is 1. The van der Waals surface area contributed by atoms with Crippen molar-refractivity contribution in [2.24, 2.45) is 0 Å². The highest BCUT2D eigenvalue weighted by Crippen LogP contribution is 2.46. The first kappa shape index (κ1) is 26.4. The Labute approximate surface area is 274 Å². The summed E-state index contributed by atoms with van der Waals surface area (Å²) in [7, 11) is 0. The molecule has 0 fully saturated rings. The van der Waals surface area contributed by atoms with Crippen LogP contribution in [0.25, 0.3) is 93.9 Å². The lowest BCUT2D eigenvalue weighted by Gasteiger charge is -2.17. The van der Waals surface area contributed by atoms with Crippen molar-refractivity contribution in [1.29, 1.82) is 5.26 Å². The number of benzene rings is 7. The third-order valence-electron chi connectivity index (χ3n) is 9.46. The van der Waals surface area contributed by atoms with E-state index in [1.807, 2.05) is 54.6 Å². The predicted octanol–water partition coefficient (Wildman–Crippen LogP) is 11.0. The molecule has 0 aliphatic rings. The molecule has 0 N–H and O–H groups in total. The maximum atomic E-state index is 9.43. The van der Waals surface area contributed by atoms with E-state index in [0.29, 0.717) is 11.4 Å². The monoisotopic (exact) mass is 612 g/mol. The molecule has 0 aliphatic carbocycles. The Kier molecular flexibility index (Phi) is 5.57. The Morgan fingerprint density at radius 2 is 1.12 bits per heavy atom. The molecule has 5 heteroatoms. The summed E-state index contributed by atoms with van der Waals surface area (Å²) in [5.41, 5.74) is 10.2. The van der Waals surface area contributed by atoms with Gasteiger partial charge in [0.15, 0.2) is 11.2 Å². The van der Waals surface area contributed by atoms with Crippen molar-refractivity contribution in [3.8, 4) is 39.6 Å². The fourth-order valence-corrected chi connectivity index (χ4v) is 7.38. The van der Waals surface area contributed by atoms with E-state index in [9.17, 15) is 5.26 Å². The lowest BCUT2D eigenvalue weighted by molar-refractivity contribution is 0.644. The summed E-state index contributed by atoms with van der Waals surface area (Å²) in [6, 6.07) is 52.1. The van der Waals surface area contributed by atoms with E-state index in [4.69, 9.17) is 14.4 Å². The van der Waals surface area contributed by atoms with E-state index in [0.717, 1.165) is 88.1 Å². The molecule has 5 nitrogen and oxygen atoms in total. The number of nitrogens with zero attached hydrogens (tertiary/aromatic N) is 4. The normalized spacial score (nSPS) is 11.7. The zero-order chi connectivity index (χ0) is 31.8. The van der Waals surface area contributed by atoms with Gasteiger partial charge in [-0.15, -0.1) is 0 Å². The van der Waals surface area contributed by atoms with E-state index in [1.54, 1.807) is 0 Å². The number of imidazole rings is 1. The summed E-state index contributed by atoms with van der Waals surface area (Å²) in [6.45, 7) is 0. The largest absolute Gasteiger partial charge is 0.422 e. The average molecular weight is 613 g/mol. The molecule has 0 spiro atoms. The van der Waals surface area contributed by atoms with Gasteiger partial charge in [0.2, 0.25) is 0 Å². The number of fused-ring (bicyclic) bond motifs is 9. The van der Waals surface area contributed by atoms with Gasteiger partial charge < -0.3 is 4.42 Å². The third kappa shape index (κ3) is 3.72. The highest BCUT2D eigenvalue weighted by molar-refractivity contribution is 6.23. The maximum absolute atomic E-state index is 9.43. The maximum Gasteiger partial charge on any atom is 0.309 e. The molecule has 0 bridgehead atoms. The van der Waals surface area contributed by atoms with Gasteiger partial charge in [-0.3, -0.25) is 0 Å². The quantitative estimate of drug-likeness (QED) is 0.186. The van der Waals surface area contributed by atoms with Crippen molar-refractivity contribution in [3.63, 3.8) is 0 Å². The van der Waals surface area contributed by atoms with E-state index >= 15 is 0 Å². The summed E-state index contributed by atoms with van der Waals surface area (Å²) in [5.74, 6) is 0.512. The molecule has 48 heavy (non-hydrogen) atoms. The van der Waals surface area contributed by atoms with Crippen LogP contribution >= 0.6 is 0 Å². The lowest BCUT2D eigenvalue weighted by Crippen LogP contribution is -1.93. The van der Waals surface area contributed by atoms with Crippen LogP contribution in [0, 0.1) is 11.3 Å². The number of aromatic nitrogens is 3. The molecule has 0 amide bonds. The SMILES string of the molecule is N#Cc1ccc(-c2c3ccccc3c(-c3cccc4c3oc3nc5c6ccccc6c(-c6ccccc6)nc5n34)c3ccccc23)cc1. The summed E-state index contributed by atoms with van der Waals surface area (Å²) < 4.78 is 8.80. The Morgan fingerprint density at radius 1 is 0.521 bits per heavy atom. The number of rotatable bonds is 3. The second kappa shape index (κ2) is 10.1. The van der Waals surface area contributed by atoms with Gasteiger partial charge in [-0.25, -0.2) is 9.38 Å². The van der Waals surface area contributed by atoms with Crippen molar-refractivity contribution >= 4 is 60.4 Å².